The fraction of sp³-hybridized carbons (Fsp3) is 0. The van der Waals surface area contributed by atoms with E-state index in [0.29, 0.717) is 5.82 Å². The first-order chi connectivity index (χ1) is 24.8. The van der Waals surface area contributed by atoms with E-state index in [4.69, 9.17) is 15.0 Å². The third kappa shape index (κ3) is 5.51. The molecule has 2 aromatic heterocycles. The second-order valence-corrected chi connectivity index (χ2v) is 12.4. The number of aromatic nitrogens is 3. The van der Waals surface area contributed by atoms with Crippen molar-refractivity contribution in [1.29, 1.82) is 0 Å². The smallest absolute Gasteiger partial charge is 0.160 e. The number of fused-ring (bicyclic) bond motifs is 3. The Labute approximate surface area is 291 Å². The van der Waals surface area contributed by atoms with Crippen molar-refractivity contribution in [2.24, 2.45) is 0 Å². The average molecular weight is 638 g/mol. The molecule has 0 bridgehead atoms. The number of pyridine rings is 1. The molecule has 0 spiro atoms. The van der Waals surface area contributed by atoms with Crippen molar-refractivity contribution in [3.63, 3.8) is 0 Å². The van der Waals surface area contributed by atoms with Crippen molar-refractivity contribution >= 4 is 21.7 Å². The van der Waals surface area contributed by atoms with Crippen molar-refractivity contribution in [1.82, 2.24) is 15.0 Å². The van der Waals surface area contributed by atoms with Gasteiger partial charge in [0, 0.05) is 38.4 Å². The molecule has 234 valence electrons. The van der Waals surface area contributed by atoms with Crippen LogP contribution < -0.4 is 0 Å². The minimum Gasteiger partial charge on any atom is -0.247 e. The van der Waals surface area contributed by atoms with Gasteiger partial charge in [-0.2, -0.15) is 0 Å². The molecule has 0 aliphatic heterocycles. The van der Waals surface area contributed by atoms with Crippen LogP contribution >= 0.6 is 0 Å². The van der Waals surface area contributed by atoms with Crippen molar-refractivity contribution in [2.75, 3.05) is 0 Å². The quantitative estimate of drug-likeness (QED) is 0.170. The van der Waals surface area contributed by atoms with Crippen LogP contribution in [0.15, 0.2) is 188 Å². The van der Waals surface area contributed by atoms with E-state index in [9.17, 15) is 0 Å². The van der Waals surface area contributed by atoms with E-state index in [1.54, 1.807) is 0 Å². The van der Waals surface area contributed by atoms with Crippen LogP contribution in [0.4, 0.5) is 0 Å². The fourth-order valence-electron chi connectivity index (χ4n) is 6.81. The molecular weight excluding hydrogens is 607 g/mol. The van der Waals surface area contributed by atoms with Crippen LogP contribution in [-0.2, 0) is 0 Å². The van der Waals surface area contributed by atoms with E-state index in [0.717, 1.165) is 66.8 Å². The molecule has 0 radical (unpaired) electrons. The molecule has 0 saturated carbocycles. The maximum Gasteiger partial charge on any atom is 0.160 e. The number of benzene rings is 7. The molecule has 0 atom stereocenters. The Morgan fingerprint density at radius 3 is 1.46 bits per heavy atom. The fourth-order valence-corrected chi connectivity index (χ4v) is 6.81. The predicted octanol–water partition coefficient (Wildman–Crippen LogP) is 12.2. The second kappa shape index (κ2) is 12.7. The Bertz CT molecular complexity index is 2540. The Balaban J connectivity index is 1.16. The van der Waals surface area contributed by atoms with Gasteiger partial charge in [-0.3, -0.25) is 0 Å². The van der Waals surface area contributed by atoms with E-state index < -0.39 is 0 Å². The van der Waals surface area contributed by atoms with Gasteiger partial charge >= 0.3 is 0 Å². The lowest BCUT2D eigenvalue weighted by Crippen LogP contribution is -1.95. The van der Waals surface area contributed by atoms with Crippen LogP contribution in [-0.4, -0.2) is 15.0 Å². The van der Waals surface area contributed by atoms with E-state index in [-0.39, 0.29) is 0 Å². The van der Waals surface area contributed by atoms with E-state index in [1.165, 1.54) is 16.5 Å². The van der Waals surface area contributed by atoms with Gasteiger partial charge in [-0.05, 0) is 34.4 Å². The summed E-state index contributed by atoms with van der Waals surface area (Å²) in [6.07, 6.45) is 0. The lowest BCUT2D eigenvalue weighted by atomic mass is 9.92. The van der Waals surface area contributed by atoms with Gasteiger partial charge in [0.05, 0.1) is 22.6 Å². The summed E-state index contributed by atoms with van der Waals surface area (Å²) >= 11 is 0. The molecule has 9 aromatic rings. The van der Waals surface area contributed by atoms with Crippen LogP contribution in [0.3, 0.4) is 0 Å². The van der Waals surface area contributed by atoms with Crippen LogP contribution in [0.25, 0.3) is 89.1 Å². The maximum absolute atomic E-state index is 5.32. The number of hydrogen-bond donors (Lipinski definition) is 0. The summed E-state index contributed by atoms with van der Waals surface area (Å²) < 4.78 is 0. The molecule has 0 aliphatic carbocycles. The lowest BCUT2D eigenvalue weighted by Gasteiger charge is -2.15. The van der Waals surface area contributed by atoms with E-state index in [1.807, 2.05) is 36.4 Å². The summed E-state index contributed by atoms with van der Waals surface area (Å²) in [7, 11) is 0. The number of nitrogens with zero attached hydrogens (tertiary/aromatic N) is 3. The van der Waals surface area contributed by atoms with Gasteiger partial charge in [-0.15, -0.1) is 0 Å². The first-order valence-corrected chi connectivity index (χ1v) is 16.9. The van der Waals surface area contributed by atoms with E-state index >= 15 is 0 Å². The van der Waals surface area contributed by atoms with Crippen LogP contribution in [0.5, 0.6) is 0 Å². The maximum atomic E-state index is 5.32. The van der Waals surface area contributed by atoms with Gasteiger partial charge in [0.1, 0.15) is 0 Å². The van der Waals surface area contributed by atoms with Gasteiger partial charge in [-0.1, -0.05) is 176 Å². The highest BCUT2D eigenvalue weighted by Crippen LogP contribution is 2.40. The third-order valence-electron chi connectivity index (χ3n) is 9.29. The monoisotopic (exact) mass is 637 g/mol. The van der Waals surface area contributed by atoms with Crippen molar-refractivity contribution in [2.45, 2.75) is 0 Å². The molecule has 0 unspecified atom stereocenters. The molecule has 7 aromatic carbocycles. The largest absolute Gasteiger partial charge is 0.247 e. The molecular formula is C47H31N3. The zero-order valence-electron chi connectivity index (χ0n) is 27.2. The molecule has 0 saturated heterocycles. The molecule has 0 amide bonds. The minimum absolute atomic E-state index is 0.711. The number of rotatable bonds is 6. The molecule has 2 heterocycles. The van der Waals surface area contributed by atoms with Gasteiger partial charge in [0.15, 0.2) is 5.82 Å². The van der Waals surface area contributed by atoms with Gasteiger partial charge in [-0.25, -0.2) is 15.0 Å². The molecule has 50 heavy (non-hydrogen) atoms. The van der Waals surface area contributed by atoms with Crippen LogP contribution in [0, 0.1) is 0 Å². The molecule has 3 heteroatoms. The van der Waals surface area contributed by atoms with E-state index in [2.05, 4.69) is 152 Å². The number of hydrogen-bond acceptors (Lipinski definition) is 3. The van der Waals surface area contributed by atoms with Crippen molar-refractivity contribution in [3.05, 3.63) is 188 Å². The highest BCUT2D eigenvalue weighted by atomic mass is 14.9. The Morgan fingerprint density at radius 1 is 0.300 bits per heavy atom. The summed E-state index contributed by atoms with van der Waals surface area (Å²) in [5.41, 5.74) is 12.6. The van der Waals surface area contributed by atoms with Crippen molar-refractivity contribution < 1.29 is 0 Å². The Morgan fingerprint density at radius 2 is 0.820 bits per heavy atom. The van der Waals surface area contributed by atoms with Gasteiger partial charge in [0.25, 0.3) is 0 Å². The minimum atomic E-state index is 0.711. The summed E-state index contributed by atoms with van der Waals surface area (Å²) in [5.74, 6) is 0.711. The highest BCUT2D eigenvalue weighted by molar-refractivity contribution is 6.17. The first-order valence-electron chi connectivity index (χ1n) is 16.9. The zero-order chi connectivity index (χ0) is 33.3. The Hall–Kier alpha value is -6.71. The molecule has 0 aliphatic rings. The molecule has 3 nitrogen and oxygen atoms in total. The highest BCUT2D eigenvalue weighted by Gasteiger charge is 2.16. The van der Waals surface area contributed by atoms with Gasteiger partial charge in [0.2, 0.25) is 0 Å². The SMILES string of the molecule is c1ccc(-c2cc(-c3ccc(-c4ccc5c(c4)nc(-c4ccccc4)c4cccc(-c6ccccc6)c45)cc3)nc(-c3ccccc3)n2)cc1. The molecule has 9 rings (SSSR count). The third-order valence-corrected chi connectivity index (χ3v) is 9.29. The first kappa shape index (κ1) is 29.4. The van der Waals surface area contributed by atoms with Crippen molar-refractivity contribution in [3.8, 4) is 67.4 Å². The topological polar surface area (TPSA) is 38.7 Å². The van der Waals surface area contributed by atoms with Gasteiger partial charge < -0.3 is 0 Å². The normalized spacial score (nSPS) is 11.2. The lowest BCUT2D eigenvalue weighted by molar-refractivity contribution is 1.18. The second-order valence-electron chi connectivity index (χ2n) is 12.4. The van der Waals surface area contributed by atoms with Crippen LogP contribution in [0.1, 0.15) is 0 Å². The molecule has 0 fully saturated rings. The molecule has 0 N–H and O–H groups in total. The average Bonchev–Trinajstić information content (AvgIpc) is 3.21. The van der Waals surface area contributed by atoms with Crippen LogP contribution in [0.2, 0.25) is 0 Å². The predicted molar refractivity (Wildman–Crippen MR) is 207 cm³/mol. The summed E-state index contributed by atoms with van der Waals surface area (Å²) in [4.78, 5) is 15.3. The standard InChI is InChI=1S/C47H31N3/c1-5-14-33(15-6-1)39-22-13-23-41-45(39)40-29-28-38(30-44(40)48-46(41)36-18-9-3-10-19-36)32-24-26-35(27-25-32)43-31-42(34-16-7-2-8-17-34)49-47(50-43)37-20-11-4-12-21-37/h1-31H. The summed E-state index contributed by atoms with van der Waals surface area (Å²) in [6, 6.07) is 65.6. The summed E-state index contributed by atoms with van der Waals surface area (Å²) in [5, 5.41) is 3.51. The Kier molecular flexibility index (Phi) is 7.49. The summed E-state index contributed by atoms with van der Waals surface area (Å²) in [6.45, 7) is 0. The zero-order valence-corrected chi connectivity index (χ0v) is 27.2.